The minimum Gasteiger partial charge on any atom is -0.486 e. The van der Waals surface area contributed by atoms with E-state index < -0.39 is 36.0 Å². The van der Waals surface area contributed by atoms with E-state index in [0.29, 0.717) is 36.7 Å². The third-order valence-corrected chi connectivity index (χ3v) is 4.94. The van der Waals surface area contributed by atoms with Gasteiger partial charge in [0.15, 0.2) is 11.5 Å². The second kappa shape index (κ2) is 7.98. The number of fused-ring (bicyclic) bond motifs is 1. The van der Waals surface area contributed by atoms with Crippen LogP contribution in [0.1, 0.15) is 32.8 Å². The van der Waals surface area contributed by atoms with Crippen LogP contribution in [0, 0.1) is 0 Å². The van der Waals surface area contributed by atoms with Gasteiger partial charge in [0.1, 0.15) is 25.3 Å². The molecule has 0 aliphatic carbocycles. The molecule has 0 radical (unpaired) electrons. The molecule has 3 rings (SSSR count). The predicted molar refractivity (Wildman–Crippen MR) is 101 cm³/mol. The van der Waals surface area contributed by atoms with Crippen molar-refractivity contribution < 1.29 is 28.7 Å². The van der Waals surface area contributed by atoms with Crippen LogP contribution in [0.15, 0.2) is 18.2 Å². The van der Waals surface area contributed by atoms with Crippen molar-refractivity contribution in [1.82, 2.24) is 20.9 Å². The smallest absolute Gasteiger partial charge is 0.325 e. The molecule has 2 aliphatic heterocycles. The molecule has 0 unspecified atom stereocenters. The van der Waals surface area contributed by atoms with E-state index in [0.717, 1.165) is 4.90 Å². The number of benzene rings is 1. The molecule has 1 aromatic rings. The van der Waals surface area contributed by atoms with E-state index in [1.54, 1.807) is 32.0 Å². The Morgan fingerprint density at radius 3 is 2.62 bits per heavy atom. The summed E-state index contributed by atoms with van der Waals surface area (Å²) in [4.78, 5) is 50.0. The summed E-state index contributed by atoms with van der Waals surface area (Å²) in [6.07, 6.45) is 0.697. The lowest BCUT2D eigenvalue weighted by Gasteiger charge is -2.25. The fourth-order valence-electron chi connectivity index (χ4n) is 3.06. The lowest BCUT2D eigenvalue weighted by atomic mass is 9.91. The Morgan fingerprint density at radius 2 is 1.93 bits per heavy atom. The molecule has 10 heteroatoms. The van der Waals surface area contributed by atoms with Crippen LogP contribution in [-0.4, -0.2) is 54.6 Å². The highest BCUT2D eigenvalue weighted by molar-refractivity contribution is 6.10. The van der Waals surface area contributed by atoms with Gasteiger partial charge in [0.25, 0.3) is 5.91 Å². The van der Waals surface area contributed by atoms with Crippen molar-refractivity contribution in [3.63, 3.8) is 0 Å². The van der Waals surface area contributed by atoms with Crippen molar-refractivity contribution in [2.45, 2.75) is 38.8 Å². The van der Waals surface area contributed by atoms with Gasteiger partial charge in [-0.15, -0.1) is 0 Å². The number of imide groups is 2. The second-order valence-corrected chi connectivity index (χ2v) is 7.14. The monoisotopic (exact) mass is 404 g/mol. The van der Waals surface area contributed by atoms with Crippen molar-refractivity contribution in [2.75, 3.05) is 19.8 Å². The summed E-state index contributed by atoms with van der Waals surface area (Å²) in [7, 11) is 0. The Labute approximate surface area is 167 Å². The van der Waals surface area contributed by atoms with Crippen LogP contribution in [0.5, 0.6) is 11.5 Å². The molecule has 2 aliphatic rings. The molecule has 0 bridgehead atoms. The summed E-state index contributed by atoms with van der Waals surface area (Å²) < 4.78 is 11.0. The van der Waals surface area contributed by atoms with Crippen LogP contribution in [0.2, 0.25) is 0 Å². The van der Waals surface area contributed by atoms with E-state index in [4.69, 9.17) is 9.47 Å². The molecule has 10 nitrogen and oxygen atoms in total. The summed E-state index contributed by atoms with van der Waals surface area (Å²) in [5.74, 6) is -0.323. The highest BCUT2D eigenvalue weighted by Crippen LogP contribution is 2.36. The Bertz CT molecular complexity index is 857. The van der Waals surface area contributed by atoms with E-state index in [-0.39, 0.29) is 6.04 Å². The Morgan fingerprint density at radius 1 is 1.24 bits per heavy atom. The van der Waals surface area contributed by atoms with E-state index >= 15 is 0 Å². The molecular weight excluding hydrogens is 380 g/mol. The third-order valence-electron chi connectivity index (χ3n) is 4.94. The fourth-order valence-corrected chi connectivity index (χ4v) is 3.06. The number of urea groups is 2. The first-order chi connectivity index (χ1) is 13.7. The Hall–Kier alpha value is -3.30. The van der Waals surface area contributed by atoms with Gasteiger partial charge in [-0.05, 0) is 38.0 Å². The second-order valence-electron chi connectivity index (χ2n) is 7.14. The topological polar surface area (TPSA) is 126 Å². The zero-order valence-corrected chi connectivity index (χ0v) is 16.5. The van der Waals surface area contributed by atoms with Gasteiger partial charge in [0.2, 0.25) is 5.91 Å². The van der Waals surface area contributed by atoms with Crippen LogP contribution in [0.3, 0.4) is 0 Å². The molecule has 2 heterocycles. The van der Waals surface area contributed by atoms with E-state index in [9.17, 15) is 19.2 Å². The number of carbonyl (C=O) groups excluding carboxylic acids is 4. The van der Waals surface area contributed by atoms with Crippen LogP contribution in [0.4, 0.5) is 9.59 Å². The lowest BCUT2D eigenvalue weighted by Crippen LogP contribution is -2.48. The minimum atomic E-state index is -1.37. The maximum atomic E-state index is 12.9. The zero-order valence-electron chi connectivity index (χ0n) is 16.5. The van der Waals surface area contributed by atoms with Gasteiger partial charge in [0.05, 0.1) is 0 Å². The van der Waals surface area contributed by atoms with Crippen molar-refractivity contribution in [1.29, 1.82) is 0 Å². The molecule has 1 fully saturated rings. The molecule has 6 amide bonds. The molecule has 0 spiro atoms. The van der Waals surface area contributed by atoms with Gasteiger partial charge in [-0.25, -0.2) is 9.59 Å². The van der Waals surface area contributed by atoms with Gasteiger partial charge in [-0.2, -0.15) is 0 Å². The quantitative estimate of drug-likeness (QED) is 0.625. The van der Waals surface area contributed by atoms with Crippen LogP contribution >= 0.6 is 0 Å². The highest BCUT2D eigenvalue weighted by atomic mass is 16.6. The number of ether oxygens (including phenoxy) is 2. The van der Waals surface area contributed by atoms with E-state index in [1.165, 1.54) is 0 Å². The van der Waals surface area contributed by atoms with E-state index in [1.807, 2.05) is 6.92 Å². The zero-order chi connectivity index (χ0) is 21.2. The van der Waals surface area contributed by atoms with Crippen molar-refractivity contribution in [3.05, 3.63) is 23.8 Å². The summed E-state index contributed by atoms with van der Waals surface area (Å²) >= 11 is 0. The average molecular weight is 404 g/mol. The fraction of sp³-hybridized carbons (Fsp3) is 0.474. The molecule has 2 atom stereocenters. The van der Waals surface area contributed by atoms with Gasteiger partial charge in [-0.1, -0.05) is 13.0 Å². The SMILES string of the molecule is CC[C@@H](C)NC(=O)NC(=O)CN1C(=O)N[C@@](C)(c2ccc3c(c2)OCCO3)C1=O. The highest BCUT2D eigenvalue weighted by Gasteiger charge is 2.49. The Kier molecular flexibility index (Phi) is 5.62. The molecule has 29 heavy (non-hydrogen) atoms. The maximum Gasteiger partial charge on any atom is 0.325 e. The first kappa shape index (κ1) is 20.4. The molecule has 0 saturated carbocycles. The number of amides is 6. The summed E-state index contributed by atoms with van der Waals surface area (Å²) in [6.45, 7) is 5.48. The summed E-state index contributed by atoms with van der Waals surface area (Å²) in [5.41, 5.74) is -0.871. The molecule has 156 valence electrons. The number of carbonyl (C=O) groups is 4. The largest absolute Gasteiger partial charge is 0.486 e. The minimum absolute atomic E-state index is 0.113. The van der Waals surface area contributed by atoms with Crippen LogP contribution < -0.4 is 25.4 Å². The Balaban J connectivity index is 1.70. The van der Waals surface area contributed by atoms with Gasteiger partial charge >= 0.3 is 12.1 Å². The van der Waals surface area contributed by atoms with Crippen LogP contribution in [0.25, 0.3) is 0 Å². The molecule has 1 saturated heterocycles. The van der Waals surface area contributed by atoms with E-state index in [2.05, 4.69) is 16.0 Å². The van der Waals surface area contributed by atoms with Gasteiger partial charge in [-0.3, -0.25) is 19.8 Å². The predicted octanol–water partition coefficient (Wildman–Crippen LogP) is 0.849. The number of hydrogen-bond donors (Lipinski definition) is 3. The molecule has 0 aromatic heterocycles. The lowest BCUT2D eigenvalue weighted by molar-refractivity contribution is -0.134. The van der Waals surface area contributed by atoms with Gasteiger partial charge in [0, 0.05) is 6.04 Å². The molecule has 3 N–H and O–H groups in total. The van der Waals surface area contributed by atoms with Gasteiger partial charge < -0.3 is 20.1 Å². The maximum absolute atomic E-state index is 12.9. The molecular formula is C19H24N4O6. The number of nitrogens with zero attached hydrogens (tertiary/aromatic N) is 1. The van der Waals surface area contributed by atoms with Crippen LogP contribution in [-0.2, 0) is 15.1 Å². The average Bonchev–Trinajstić information content (AvgIpc) is 2.91. The van der Waals surface area contributed by atoms with Crippen molar-refractivity contribution in [3.8, 4) is 11.5 Å². The molecule has 1 aromatic carbocycles. The normalized spacial score (nSPS) is 21.4. The van der Waals surface area contributed by atoms with Crippen molar-refractivity contribution in [2.24, 2.45) is 0 Å². The number of rotatable bonds is 5. The number of hydrogen-bond acceptors (Lipinski definition) is 6. The first-order valence-electron chi connectivity index (χ1n) is 9.39. The first-order valence-corrected chi connectivity index (χ1v) is 9.39. The third kappa shape index (κ3) is 4.10. The number of nitrogens with one attached hydrogen (secondary N) is 3. The standard InChI is InChI=1S/C19H24N4O6/c1-4-11(2)20-17(26)21-15(24)10-23-16(25)19(3,22-18(23)27)12-5-6-13-14(9-12)29-8-7-28-13/h5-6,9,11H,4,7-8,10H2,1-3H3,(H,22,27)(H2,20,21,24,26)/t11-,19+/m1/s1. The summed E-state index contributed by atoms with van der Waals surface area (Å²) in [5, 5.41) is 7.31. The summed E-state index contributed by atoms with van der Waals surface area (Å²) in [6, 6.07) is 3.46. The van der Waals surface area contributed by atoms with Crippen molar-refractivity contribution >= 4 is 23.9 Å².